The zero-order valence-electron chi connectivity index (χ0n) is 8.43. The van der Waals surface area contributed by atoms with Crippen molar-refractivity contribution < 1.29 is 0 Å². The van der Waals surface area contributed by atoms with E-state index < -0.39 is 0 Å². The van der Waals surface area contributed by atoms with Crippen LogP contribution in [-0.4, -0.2) is 9.55 Å². The molecule has 0 atom stereocenters. The van der Waals surface area contributed by atoms with Gasteiger partial charge >= 0.3 is 0 Å². The van der Waals surface area contributed by atoms with Crippen LogP contribution in [0.5, 0.6) is 0 Å². The second-order valence-corrected chi connectivity index (χ2v) is 5.41. The maximum Gasteiger partial charge on any atom is 0.0794 e. The lowest BCUT2D eigenvalue weighted by atomic mass is 10.2. The fraction of sp³-hybridized carbons (Fsp3) is 0.0833. The van der Waals surface area contributed by atoms with Gasteiger partial charge < -0.3 is 4.57 Å². The second-order valence-electron chi connectivity index (χ2n) is 3.58. The normalized spacial score (nSPS) is 11.1. The van der Waals surface area contributed by atoms with E-state index in [4.69, 9.17) is 0 Å². The first-order valence-electron chi connectivity index (χ1n) is 4.95. The number of thiazole rings is 1. The minimum atomic E-state index is 0.893. The summed E-state index contributed by atoms with van der Waals surface area (Å²) >= 11 is 5.26. The van der Waals surface area contributed by atoms with Gasteiger partial charge in [0.15, 0.2) is 0 Å². The summed E-state index contributed by atoms with van der Waals surface area (Å²) in [5.41, 5.74) is 3.12. The molecule has 0 unspecified atom stereocenters. The lowest BCUT2D eigenvalue weighted by Crippen LogP contribution is -1.95. The van der Waals surface area contributed by atoms with E-state index in [1.807, 2.05) is 11.7 Å². The van der Waals surface area contributed by atoms with Gasteiger partial charge in [0.05, 0.1) is 12.1 Å². The topological polar surface area (TPSA) is 17.8 Å². The van der Waals surface area contributed by atoms with Crippen molar-refractivity contribution >= 4 is 38.2 Å². The molecular weight excluding hydrogens is 284 g/mol. The molecule has 3 aromatic rings. The fourth-order valence-electron chi connectivity index (χ4n) is 1.81. The standard InChI is InChI=1S/C12H9BrN2S/c13-11-2-1-3-12-10(11)4-5-15(12)7-9-6-14-8-16-9/h1-6,8H,7H2. The highest BCUT2D eigenvalue weighted by molar-refractivity contribution is 9.10. The molecule has 0 aliphatic heterocycles. The SMILES string of the molecule is Brc1cccc2c1ccn2Cc1cncs1. The summed E-state index contributed by atoms with van der Waals surface area (Å²) in [6.07, 6.45) is 4.05. The molecule has 2 heterocycles. The molecular formula is C12H9BrN2S. The Bertz CT molecular complexity index is 613. The van der Waals surface area contributed by atoms with Crippen LogP contribution in [0.2, 0.25) is 0 Å². The number of benzene rings is 1. The Labute approximate surface area is 106 Å². The molecule has 0 saturated carbocycles. The van der Waals surface area contributed by atoms with E-state index in [9.17, 15) is 0 Å². The average Bonchev–Trinajstić information content (AvgIpc) is 2.90. The molecule has 4 heteroatoms. The van der Waals surface area contributed by atoms with Crippen molar-refractivity contribution in [1.82, 2.24) is 9.55 Å². The third kappa shape index (κ3) is 1.68. The van der Waals surface area contributed by atoms with Gasteiger partial charge in [-0.2, -0.15) is 0 Å². The van der Waals surface area contributed by atoms with Crippen LogP contribution in [0.1, 0.15) is 4.88 Å². The Morgan fingerprint density at radius 1 is 1.31 bits per heavy atom. The van der Waals surface area contributed by atoms with Gasteiger partial charge in [0.2, 0.25) is 0 Å². The van der Waals surface area contributed by atoms with E-state index in [-0.39, 0.29) is 0 Å². The molecule has 1 aromatic carbocycles. The summed E-state index contributed by atoms with van der Waals surface area (Å²) in [5.74, 6) is 0. The molecule has 0 N–H and O–H groups in total. The maximum atomic E-state index is 4.10. The maximum absolute atomic E-state index is 4.10. The van der Waals surface area contributed by atoms with Crippen molar-refractivity contribution in [1.29, 1.82) is 0 Å². The minimum Gasteiger partial charge on any atom is -0.342 e. The molecule has 0 aliphatic rings. The molecule has 0 saturated heterocycles. The Morgan fingerprint density at radius 2 is 2.25 bits per heavy atom. The smallest absolute Gasteiger partial charge is 0.0794 e. The van der Waals surface area contributed by atoms with Crippen LogP contribution in [0.15, 0.2) is 46.6 Å². The van der Waals surface area contributed by atoms with Gasteiger partial charge in [0, 0.05) is 32.6 Å². The van der Waals surface area contributed by atoms with Crippen LogP contribution >= 0.6 is 27.3 Å². The van der Waals surface area contributed by atoms with Crippen molar-refractivity contribution in [3.05, 3.63) is 51.5 Å². The largest absolute Gasteiger partial charge is 0.342 e. The molecule has 0 bridgehead atoms. The summed E-state index contributed by atoms with van der Waals surface area (Å²) in [6, 6.07) is 8.41. The lowest BCUT2D eigenvalue weighted by Gasteiger charge is -2.03. The van der Waals surface area contributed by atoms with Gasteiger partial charge in [0.1, 0.15) is 0 Å². The van der Waals surface area contributed by atoms with E-state index >= 15 is 0 Å². The van der Waals surface area contributed by atoms with Crippen LogP contribution in [0, 0.1) is 0 Å². The van der Waals surface area contributed by atoms with Gasteiger partial charge in [-0.25, -0.2) is 0 Å². The van der Waals surface area contributed by atoms with Gasteiger partial charge in [-0.15, -0.1) is 11.3 Å². The first kappa shape index (κ1) is 10.1. The van der Waals surface area contributed by atoms with E-state index in [1.54, 1.807) is 11.3 Å². The van der Waals surface area contributed by atoms with E-state index in [0.717, 1.165) is 11.0 Å². The summed E-state index contributed by atoms with van der Waals surface area (Å²) in [5, 5.41) is 1.26. The highest BCUT2D eigenvalue weighted by Crippen LogP contribution is 2.25. The molecule has 2 aromatic heterocycles. The fourth-order valence-corrected chi connectivity index (χ4v) is 2.89. The number of aromatic nitrogens is 2. The van der Waals surface area contributed by atoms with E-state index in [2.05, 4.69) is 55.9 Å². The third-order valence-corrected chi connectivity index (χ3v) is 4.03. The predicted molar refractivity (Wildman–Crippen MR) is 70.9 cm³/mol. The minimum absolute atomic E-state index is 0.893. The molecule has 0 fully saturated rings. The molecule has 0 aliphatic carbocycles. The van der Waals surface area contributed by atoms with Crippen molar-refractivity contribution in [3.8, 4) is 0 Å². The summed E-state index contributed by atoms with van der Waals surface area (Å²) in [4.78, 5) is 5.37. The first-order chi connectivity index (χ1) is 7.84. The first-order valence-corrected chi connectivity index (χ1v) is 6.62. The van der Waals surface area contributed by atoms with Gasteiger partial charge in [0.25, 0.3) is 0 Å². The zero-order chi connectivity index (χ0) is 11.0. The monoisotopic (exact) mass is 292 g/mol. The lowest BCUT2D eigenvalue weighted by molar-refractivity contribution is 0.849. The van der Waals surface area contributed by atoms with Gasteiger partial charge in [-0.3, -0.25) is 4.98 Å². The Kier molecular flexibility index (Phi) is 2.53. The molecule has 2 nitrogen and oxygen atoms in total. The predicted octanol–water partition coefficient (Wildman–Crippen LogP) is 3.91. The number of hydrogen-bond donors (Lipinski definition) is 0. The Hall–Kier alpha value is -1.13. The second kappa shape index (κ2) is 4.03. The van der Waals surface area contributed by atoms with Crippen LogP contribution in [0.4, 0.5) is 0 Å². The number of halogens is 1. The molecule has 80 valence electrons. The Morgan fingerprint density at radius 3 is 3.06 bits per heavy atom. The molecule has 16 heavy (non-hydrogen) atoms. The van der Waals surface area contributed by atoms with Crippen molar-refractivity contribution in [2.45, 2.75) is 6.54 Å². The number of fused-ring (bicyclic) bond motifs is 1. The van der Waals surface area contributed by atoms with Crippen LogP contribution in [0.3, 0.4) is 0 Å². The van der Waals surface area contributed by atoms with E-state index in [0.29, 0.717) is 0 Å². The summed E-state index contributed by atoms with van der Waals surface area (Å²) < 4.78 is 3.39. The molecule has 0 radical (unpaired) electrons. The number of nitrogens with zero attached hydrogens (tertiary/aromatic N) is 2. The average molecular weight is 293 g/mol. The highest BCUT2D eigenvalue weighted by Gasteiger charge is 2.04. The molecule has 3 rings (SSSR count). The number of rotatable bonds is 2. The molecule has 0 spiro atoms. The van der Waals surface area contributed by atoms with E-state index in [1.165, 1.54) is 15.8 Å². The van der Waals surface area contributed by atoms with Crippen LogP contribution in [-0.2, 0) is 6.54 Å². The zero-order valence-corrected chi connectivity index (χ0v) is 10.8. The van der Waals surface area contributed by atoms with Gasteiger partial charge in [-0.05, 0) is 18.2 Å². The number of hydrogen-bond acceptors (Lipinski definition) is 2. The third-order valence-electron chi connectivity index (χ3n) is 2.57. The summed E-state index contributed by atoms with van der Waals surface area (Å²) in [6.45, 7) is 0.893. The van der Waals surface area contributed by atoms with Gasteiger partial charge in [-0.1, -0.05) is 22.0 Å². The Balaban J connectivity index is 2.08. The molecule has 0 amide bonds. The van der Waals surface area contributed by atoms with Crippen molar-refractivity contribution in [2.24, 2.45) is 0 Å². The quantitative estimate of drug-likeness (QED) is 0.700. The van der Waals surface area contributed by atoms with Crippen LogP contribution in [0.25, 0.3) is 10.9 Å². The van der Waals surface area contributed by atoms with Crippen molar-refractivity contribution in [3.63, 3.8) is 0 Å². The van der Waals surface area contributed by atoms with Crippen molar-refractivity contribution in [2.75, 3.05) is 0 Å². The summed E-state index contributed by atoms with van der Waals surface area (Å²) in [7, 11) is 0. The van der Waals surface area contributed by atoms with Crippen LogP contribution < -0.4 is 0 Å². The highest BCUT2D eigenvalue weighted by atomic mass is 79.9.